The van der Waals surface area contributed by atoms with Crippen molar-refractivity contribution in [2.75, 3.05) is 13.6 Å². The lowest BCUT2D eigenvalue weighted by molar-refractivity contribution is -0.170. The fourth-order valence-electron chi connectivity index (χ4n) is 6.26. The molecule has 2 bridgehead atoms. The lowest BCUT2D eigenvalue weighted by Crippen LogP contribution is -2.74. The van der Waals surface area contributed by atoms with Crippen molar-refractivity contribution in [3.05, 3.63) is 35.1 Å². The van der Waals surface area contributed by atoms with Gasteiger partial charge in [-0.05, 0) is 51.1 Å². The van der Waals surface area contributed by atoms with Crippen LogP contribution in [0.5, 0.6) is 11.5 Å². The number of carbonyl (C=O) groups excluding carboxylic acids is 2. The van der Waals surface area contributed by atoms with Crippen molar-refractivity contribution in [1.29, 1.82) is 0 Å². The summed E-state index contributed by atoms with van der Waals surface area (Å²) in [6.07, 6.45) is -0.467. The maximum absolute atomic E-state index is 12.8. The molecule has 2 heterocycles. The first-order valence-electron chi connectivity index (χ1n) is 11.6. The lowest BCUT2D eigenvalue weighted by atomic mass is 9.50. The number of phenolic OH excluding ortho intramolecular Hbond substituents is 1. The molecule has 188 valence electrons. The third kappa shape index (κ3) is 3.25. The molecule has 4 aliphatic rings. The van der Waals surface area contributed by atoms with Gasteiger partial charge in [0, 0.05) is 18.0 Å². The Balaban J connectivity index is 1.42. The molecular weight excluding hydrogens is 460 g/mol. The van der Waals surface area contributed by atoms with Crippen molar-refractivity contribution >= 4 is 17.8 Å². The summed E-state index contributed by atoms with van der Waals surface area (Å²) in [5, 5.41) is 43.0. The van der Waals surface area contributed by atoms with Crippen LogP contribution in [0.3, 0.4) is 0 Å². The number of hydrogen-bond acceptors (Lipinski definition) is 9. The average Bonchev–Trinajstić information content (AvgIpc) is 3.15. The second-order valence-electron chi connectivity index (χ2n) is 9.87. The van der Waals surface area contributed by atoms with Crippen molar-refractivity contribution in [1.82, 2.24) is 10.2 Å². The Labute approximate surface area is 200 Å². The molecule has 1 amide bonds. The Morgan fingerprint density at radius 2 is 2.09 bits per heavy atom. The molecule has 1 fully saturated rings. The molecule has 11 nitrogen and oxygen atoms in total. The van der Waals surface area contributed by atoms with Crippen LogP contribution >= 0.6 is 0 Å². The summed E-state index contributed by atoms with van der Waals surface area (Å²) >= 11 is 0. The van der Waals surface area contributed by atoms with Gasteiger partial charge >= 0.3 is 11.9 Å². The highest BCUT2D eigenvalue weighted by atomic mass is 16.6. The monoisotopic (exact) mass is 488 g/mol. The van der Waals surface area contributed by atoms with Crippen molar-refractivity contribution in [2.45, 2.75) is 67.9 Å². The van der Waals surface area contributed by atoms with Gasteiger partial charge < -0.3 is 40.1 Å². The maximum atomic E-state index is 12.8. The van der Waals surface area contributed by atoms with E-state index in [0.29, 0.717) is 25.1 Å². The van der Waals surface area contributed by atoms with Crippen LogP contribution in [-0.2, 0) is 31.0 Å². The van der Waals surface area contributed by atoms with E-state index in [9.17, 15) is 29.7 Å². The quantitative estimate of drug-likeness (QED) is 0.331. The second-order valence-corrected chi connectivity index (χ2v) is 9.87. The van der Waals surface area contributed by atoms with Crippen molar-refractivity contribution in [3.8, 4) is 11.5 Å². The van der Waals surface area contributed by atoms with Gasteiger partial charge in [-0.15, -0.1) is 0 Å². The van der Waals surface area contributed by atoms with E-state index in [4.69, 9.17) is 14.6 Å². The Morgan fingerprint density at radius 3 is 2.80 bits per heavy atom. The molecule has 1 aromatic rings. The zero-order valence-electron chi connectivity index (χ0n) is 19.4. The molecule has 2 aliphatic carbocycles. The number of likely N-dealkylation sites (tertiary alicyclic amines) is 1. The minimum absolute atomic E-state index is 0.0458. The number of carbonyl (C=O) groups is 3. The van der Waals surface area contributed by atoms with E-state index in [1.165, 1.54) is 6.92 Å². The number of nitrogens with one attached hydrogen (secondary N) is 1. The first-order valence-corrected chi connectivity index (χ1v) is 11.6. The van der Waals surface area contributed by atoms with Gasteiger partial charge in [-0.25, -0.2) is 9.59 Å². The van der Waals surface area contributed by atoms with E-state index >= 15 is 0 Å². The van der Waals surface area contributed by atoms with Crippen molar-refractivity contribution in [3.63, 3.8) is 0 Å². The molecule has 5 rings (SSSR count). The SMILES string of the molecule is C[C@H](NC(=O)C[C@H](O)C(=O)O)C(=O)OC1=CC[C@@]2(O)[C@@H]3Cc4ccc(O)c5c4[C@@]2(CCN3C)[C@H]1O5. The smallest absolute Gasteiger partial charge is 0.333 e. The van der Waals surface area contributed by atoms with Crippen LogP contribution in [0.15, 0.2) is 24.0 Å². The summed E-state index contributed by atoms with van der Waals surface area (Å²) in [6.45, 7) is 2.06. The molecule has 0 radical (unpaired) electrons. The topological polar surface area (TPSA) is 166 Å². The molecule has 0 unspecified atom stereocenters. The van der Waals surface area contributed by atoms with E-state index < -0.39 is 53.5 Å². The fourth-order valence-corrected chi connectivity index (χ4v) is 6.26. The third-order valence-electron chi connectivity index (χ3n) is 7.97. The Kier molecular flexibility index (Phi) is 5.35. The predicted molar refractivity (Wildman–Crippen MR) is 119 cm³/mol. The van der Waals surface area contributed by atoms with E-state index in [1.807, 2.05) is 13.1 Å². The summed E-state index contributed by atoms with van der Waals surface area (Å²) in [4.78, 5) is 37.7. The number of aliphatic carboxylic acids is 1. The Hall–Kier alpha value is -3.15. The normalized spacial score (nSPS) is 31.9. The highest BCUT2D eigenvalue weighted by Crippen LogP contribution is 2.65. The number of carboxylic acids is 1. The number of rotatable bonds is 6. The fraction of sp³-hybridized carbons (Fsp3) is 0.542. The number of ether oxygens (including phenoxy) is 2. The number of carboxylic acid groups (broad SMARTS) is 1. The summed E-state index contributed by atoms with van der Waals surface area (Å²) in [7, 11) is 1.97. The van der Waals surface area contributed by atoms with E-state index in [1.54, 1.807) is 12.1 Å². The number of aliphatic hydroxyl groups is 2. The van der Waals surface area contributed by atoms with Crippen LogP contribution in [0.25, 0.3) is 0 Å². The number of amides is 1. The van der Waals surface area contributed by atoms with Crippen LogP contribution in [0.1, 0.15) is 37.3 Å². The van der Waals surface area contributed by atoms with Gasteiger partial charge in [0.1, 0.15) is 11.8 Å². The molecule has 2 aliphatic heterocycles. The number of nitrogens with zero attached hydrogens (tertiary/aromatic N) is 1. The molecule has 1 saturated heterocycles. The van der Waals surface area contributed by atoms with Crippen LogP contribution in [-0.4, -0.2) is 86.7 Å². The van der Waals surface area contributed by atoms with Gasteiger partial charge in [0.25, 0.3) is 0 Å². The zero-order valence-corrected chi connectivity index (χ0v) is 19.4. The average molecular weight is 488 g/mol. The number of hydrogen-bond donors (Lipinski definition) is 5. The minimum Gasteiger partial charge on any atom is -0.504 e. The van der Waals surface area contributed by atoms with Gasteiger partial charge in [-0.3, -0.25) is 4.79 Å². The standard InChI is InChI=1S/C24H28N2O9/c1-11(25-17(29)10-14(28)21(30)31)22(32)34-15-5-6-24(33)16-9-12-3-4-13(27)19-18(12)23(24,20(15)35-19)7-8-26(16)2/h3-5,11,14,16,20,27-28,33H,6-10H2,1-2H3,(H,25,29)(H,30,31)/t11-,14-,16-,20-,23-,24+/m0/s1. The highest BCUT2D eigenvalue weighted by Gasteiger charge is 2.72. The first-order chi connectivity index (χ1) is 16.5. The molecule has 6 atom stereocenters. The van der Waals surface area contributed by atoms with Crippen LogP contribution in [0.4, 0.5) is 0 Å². The number of aromatic hydroxyl groups is 1. The second kappa shape index (κ2) is 7.94. The Morgan fingerprint density at radius 1 is 1.34 bits per heavy atom. The number of aliphatic hydroxyl groups excluding tert-OH is 1. The van der Waals surface area contributed by atoms with Gasteiger partial charge in [0.05, 0.1) is 17.4 Å². The van der Waals surface area contributed by atoms with E-state index in [0.717, 1.165) is 11.1 Å². The van der Waals surface area contributed by atoms with Gasteiger partial charge in [0.2, 0.25) is 5.91 Å². The molecule has 1 aromatic carbocycles. The number of esters is 1. The number of likely N-dealkylation sites (N-methyl/N-ethyl adjacent to an activating group) is 1. The minimum atomic E-state index is -1.88. The number of benzene rings is 1. The van der Waals surface area contributed by atoms with Gasteiger partial charge in [-0.2, -0.15) is 0 Å². The van der Waals surface area contributed by atoms with E-state index in [-0.39, 0.29) is 24.0 Å². The largest absolute Gasteiger partial charge is 0.504 e. The summed E-state index contributed by atoms with van der Waals surface area (Å²) in [5.41, 5.74) is -0.361. The van der Waals surface area contributed by atoms with E-state index in [2.05, 4.69) is 10.2 Å². The molecule has 0 aromatic heterocycles. The summed E-state index contributed by atoms with van der Waals surface area (Å²) in [6, 6.07) is 2.10. The third-order valence-corrected chi connectivity index (χ3v) is 7.97. The van der Waals surface area contributed by atoms with Gasteiger partial charge in [0.15, 0.2) is 23.7 Å². The van der Waals surface area contributed by atoms with Crippen molar-refractivity contribution < 1.29 is 44.3 Å². The molecule has 5 N–H and O–H groups in total. The maximum Gasteiger partial charge on any atom is 0.333 e. The Bertz CT molecular complexity index is 1150. The van der Waals surface area contributed by atoms with Crippen LogP contribution < -0.4 is 10.1 Å². The number of phenols is 1. The first kappa shape index (κ1) is 23.6. The summed E-state index contributed by atoms with van der Waals surface area (Å²) in [5.74, 6) is -2.73. The molecule has 35 heavy (non-hydrogen) atoms. The highest BCUT2D eigenvalue weighted by molar-refractivity contribution is 5.87. The van der Waals surface area contributed by atoms with Crippen molar-refractivity contribution in [2.24, 2.45) is 0 Å². The zero-order chi connectivity index (χ0) is 25.3. The van der Waals surface area contributed by atoms with Crippen LogP contribution in [0, 0.1) is 0 Å². The van der Waals surface area contributed by atoms with Crippen LogP contribution in [0.2, 0.25) is 0 Å². The summed E-state index contributed by atoms with van der Waals surface area (Å²) < 4.78 is 11.9. The molecule has 1 spiro atoms. The number of piperidine rings is 1. The lowest BCUT2D eigenvalue weighted by Gasteiger charge is -2.61. The molecular formula is C24H28N2O9. The van der Waals surface area contributed by atoms with Gasteiger partial charge in [-0.1, -0.05) is 6.07 Å². The molecule has 0 saturated carbocycles. The molecule has 11 heteroatoms. The predicted octanol–water partition coefficient (Wildman–Crippen LogP) is -0.447.